The predicted molar refractivity (Wildman–Crippen MR) is 134 cm³/mol. The average molecular weight is 477 g/mol. The molecule has 0 spiro atoms. The monoisotopic (exact) mass is 476 g/mol. The van der Waals surface area contributed by atoms with Gasteiger partial charge in [-0.05, 0) is 44.0 Å². The van der Waals surface area contributed by atoms with Crippen LogP contribution in [0.15, 0.2) is 42.7 Å². The minimum atomic E-state index is -0.269. The maximum Gasteiger partial charge on any atom is 0.319 e. The number of aromatic nitrogens is 4. The number of aryl methyl sites for hydroxylation is 1. The summed E-state index contributed by atoms with van der Waals surface area (Å²) in [6.07, 6.45) is 6.07. The molecule has 2 fully saturated rings. The molecular formula is C25H32N8O2. The molecule has 184 valence electrons. The normalized spacial score (nSPS) is 17.9. The van der Waals surface area contributed by atoms with Gasteiger partial charge >= 0.3 is 6.03 Å². The van der Waals surface area contributed by atoms with Gasteiger partial charge in [-0.25, -0.2) is 14.8 Å². The van der Waals surface area contributed by atoms with Crippen LogP contribution in [-0.4, -0.2) is 57.6 Å². The fourth-order valence-electron chi connectivity index (χ4n) is 4.08. The van der Waals surface area contributed by atoms with Crippen molar-refractivity contribution in [1.29, 1.82) is 0 Å². The van der Waals surface area contributed by atoms with Crippen LogP contribution in [-0.2, 0) is 24.9 Å². The van der Waals surface area contributed by atoms with Crippen molar-refractivity contribution in [2.24, 2.45) is 7.05 Å². The highest BCUT2D eigenvalue weighted by Gasteiger charge is 2.23. The lowest BCUT2D eigenvalue weighted by Gasteiger charge is -2.34. The molecule has 1 aliphatic carbocycles. The minimum absolute atomic E-state index is 0.257. The first-order valence-electron chi connectivity index (χ1n) is 12.1. The Labute approximate surface area is 205 Å². The third kappa shape index (κ3) is 6.14. The predicted octanol–water partition coefficient (Wildman–Crippen LogP) is 2.68. The molecule has 10 nitrogen and oxygen atoms in total. The SMILES string of the molecule is C[C@H]1COCCN1c1cc(CNC2CC2)nc(-c2ccc(NC(=O)NCc3cnn(C)c3)cc2)n1. The fraction of sp³-hybridized carbons (Fsp3) is 0.440. The second-order valence-electron chi connectivity index (χ2n) is 9.22. The number of anilines is 2. The smallest absolute Gasteiger partial charge is 0.319 e. The standard InChI is InChI=1S/C25H32N8O2/c1-17-16-35-10-9-33(17)23-11-22(14-26-20-7-8-20)29-24(31-23)19-3-5-21(6-4-19)30-25(34)27-12-18-13-28-32(2)15-18/h3-6,11,13,15,17,20,26H,7-10,12,14,16H2,1-2H3,(H2,27,30,34)/t17-/m0/s1. The van der Waals surface area contributed by atoms with Gasteiger partial charge in [0.05, 0.1) is 31.1 Å². The highest BCUT2D eigenvalue weighted by Crippen LogP contribution is 2.25. The Morgan fingerprint density at radius 2 is 2.00 bits per heavy atom. The number of morpholine rings is 1. The van der Waals surface area contributed by atoms with E-state index in [1.54, 1.807) is 10.9 Å². The van der Waals surface area contributed by atoms with E-state index < -0.39 is 0 Å². The summed E-state index contributed by atoms with van der Waals surface area (Å²) < 4.78 is 7.32. The summed E-state index contributed by atoms with van der Waals surface area (Å²) in [5, 5.41) is 13.4. The van der Waals surface area contributed by atoms with E-state index in [9.17, 15) is 4.79 Å². The molecule has 3 heterocycles. The van der Waals surface area contributed by atoms with Crippen molar-refractivity contribution in [2.45, 2.75) is 44.9 Å². The van der Waals surface area contributed by atoms with Crippen LogP contribution >= 0.6 is 0 Å². The highest BCUT2D eigenvalue weighted by molar-refractivity contribution is 5.89. The van der Waals surface area contributed by atoms with Gasteiger partial charge in [0.25, 0.3) is 0 Å². The van der Waals surface area contributed by atoms with Crippen LogP contribution in [0.2, 0.25) is 0 Å². The van der Waals surface area contributed by atoms with Crippen molar-refractivity contribution >= 4 is 17.5 Å². The summed E-state index contributed by atoms with van der Waals surface area (Å²) in [6.45, 7) is 5.49. The van der Waals surface area contributed by atoms with Gasteiger partial charge in [0.15, 0.2) is 5.82 Å². The van der Waals surface area contributed by atoms with E-state index in [0.29, 0.717) is 37.3 Å². The fourth-order valence-corrected chi connectivity index (χ4v) is 4.08. The Bertz CT molecular complexity index is 1160. The molecule has 35 heavy (non-hydrogen) atoms. The Kier molecular flexibility index (Phi) is 6.91. The van der Waals surface area contributed by atoms with Gasteiger partial charge in [0.2, 0.25) is 0 Å². The number of benzene rings is 1. The lowest BCUT2D eigenvalue weighted by molar-refractivity contribution is 0.0985. The number of urea groups is 1. The Hall–Kier alpha value is -3.50. The first-order valence-corrected chi connectivity index (χ1v) is 12.1. The van der Waals surface area contributed by atoms with Gasteiger partial charge < -0.3 is 25.6 Å². The molecule has 1 aliphatic heterocycles. The molecule has 1 aromatic carbocycles. The Morgan fingerprint density at radius 1 is 1.17 bits per heavy atom. The van der Waals surface area contributed by atoms with E-state index in [1.807, 2.05) is 37.5 Å². The van der Waals surface area contributed by atoms with E-state index >= 15 is 0 Å². The minimum Gasteiger partial charge on any atom is -0.377 e. The molecule has 1 saturated carbocycles. The van der Waals surface area contributed by atoms with E-state index in [-0.39, 0.29) is 12.1 Å². The Morgan fingerprint density at radius 3 is 2.71 bits per heavy atom. The van der Waals surface area contributed by atoms with Gasteiger partial charge in [-0.3, -0.25) is 4.68 Å². The van der Waals surface area contributed by atoms with Gasteiger partial charge in [-0.2, -0.15) is 5.10 Å². The number of ether oxygens (including phenoxy) is 1. The van der Waals surface area contributed by atoms with E-state index in [0.717, 1.165) is 35.7 Å². The number of amides is 2. The summed E-state index contributed by atoms with van der Waals surface area (Å²) in [4.78, 5) is 24.3. The third-order valence-corrected chi connectivity index (χ3v) is 6.19. The second-order valence-corrected chi connectivity index (χ2v) is 9.22. The number of rotatable bonds is 8. The number of nitrogens with one attached hydrogen (secondary N) is 3. The number of carbonyl (C=O) groups is 1. The van der Waals surface area contributed by atoms with Gasteiger partial charge in [0, 0.05) is 61.8 Å². The first kappa shape index (κ1) is 23.3. The van der Waals surface area contributed by atoms with Crippen LogP contribution in [0.25, 0.3) is 11.4 Å². The van der Waals surface area contributed by atoms with Crippen molar-refractivity contribution in [3.63, 3.8) is 0 Å². The van der Waals surface area contributed by atoms with Crippen LogP contribution in [0.4, 0.5) is 16.3 Å². The number of hydrogen-bond acceptors (Lipinski definition) is 7. The number of nitrogens with zero attached hydrogens (tertiary/aromatic N) is 5. The summed E-state index contributed by atoms with van der Waals surface area (Å²) in [6, 6.07) is 10.3. The molecular weight excluding hydrogens is 444 g/mol. The van der Waals surface area contributed by atoms with Crippen LogP contribution in [0.5, 0.6) is 0 Å². The summed E-state index contributed by atoms with van der Waals surface area (Å²) in [7, 11) is 1.85. The molecule has 3 aromatic rings. The van der Waals surface area contributed by atoms with Crippen LogP contribution in [0, 0.1) is 0 Å². The van der Waals surface area contributed by atoms with Crippen molar-refractivity contribution in [1.82, 2.24) is 30.4 Å². The molecule has 5 rings (SSSR count). The lowest BCUT2D eigenvalue weighted by Crippen LogP contribution is -2.44. The Balaban J connectivity index is 1.29. The highest BCUT2D eigenvalue weighted by atomic mass is 16.5. The summed E-state index contributed by atoms with van der Waals surface area (Å²) in [5.74, 6) is 1.61. The van der Waals surface area contributed by atoms with E-state index in [2.05, 4.69) is 38.9 Å². The topological polar surface area (TPSA) is 109 Å². The maximum absolute atomic E-state index is 12.3. The number of carbonyl (C=O) groups excluding carboxylic acids is 1. The average Bonchev–Trinajstić information content (AvgIpc) is 3.61. The molecule has 0 bridgehead atoms. The maximum atomic E-state index is 12.3. The van der Waals surface area contributed by atoms with E-state index in [1.165, 1.54) is 12.8 Å². The largest absolute Gasteiger partial charge is 0.377 e. The molecule has 2 aliphatic rings. The van der Waals surface area contributed by atoms with E-state index in [4.69, 9.17) is 14.7 Å². The summed E-state index contributed by atoms with van der Waals surface area (Å²) in [5.41, 5.74) is 3.52. The quantitative estimate of drug-likeness (QED) is 0.459. The van der Waals surface area contributed by atoms with Gasteiger partial charge in [-0.1, -0.05) is 0 Å². The van der Waals surface area contributed by atoms with Crippen LogP contribution in [0.3, 0.4) is 0 Å². The van der Waals surface area contributed by atoms with Crippen molar-refractivity contribution < 1.29 is 9.53 Å². The molecule has 1 atom stereocenters. The molecule has 2 aromatic heterocycles. The molecule has 2 amide bonds. The molecule has 3 N–H and O–H groups in total. The third-order valence-electron chi connectivity index (χ3n) is 6.19. The first-order chi connectivity index (χ1) is 17.0. The van der Waals surface area contributed by atoms with Crippen LogP contribution in [0.1, 0.15) is 31.0 Å². The lowest BCUT2D eigenvalue weighted by atomic mass is 10.1. The molecule has 0 unspecified atom stereocenters. The van der Waals surface area contributed by atoms with Crippen molar-refractivity contribution in [2.75, 3.05) is 30.0 Å². The van der Waals surface area contributed by atoms with Gasteiger partial charge in [-0.15, -0.1) is 0 Å². The van der Waals surface area contributed by atoms with Gasteiger partial charge in [0.1, 0.15) is 5.82 Å². The molecule has 0 radical (unpaired) electrons. The number of hydrogen-bond donors (Lipinski definition) is 3. The second kappa shape index (κ2) is 10.4. The zero-order valence-electron chi connectivity index (χ0n) is 20.2. The van der Waals surface area contributed by atoms with Crippen LogP contribution < -0.4 is 20.9 Å². The van der Waals surface area contributed by atoms with Crippen molar-refractivity contribution in [3.8, 4) is 11.4 Å². The zero-order chi connectivity index (χ0) is 24.2. The molecule has 1 saturated heterocycles. The molecule has 10 heteroatoms. The zero-order valence-corrected chi connectivity index (χ0v) is 20.2. The summed E-state index contributed by atoms with van der Waals surface area (Å²) >= 11 is 0. The van der Waals surface area contributed by atoms with Crippen molar-refractivity contribution in [3.05, 3.63) is 54.0 Å².